The number of hydrogen-bond donors (Lipinski definition) is 0. The van der Waals surface area contributed by atoms with E-state index < -0.39 is 0 Å². The monoisotopic (exact) mass is 378 g/mol. The Balaban J connectivity index is 2.03. The number of rotatable bonds is 5. The molecule has 0 unspecified atom stereocenters. The Hall–Kier alpha value is -1.96. The van der Waals surface area contributed by atoms with Gasteiger partial charge >= 0.3 is 0 Å². The number of anilines is 1. The van der Waals surface area contributed by atoms with Gasteiger partial charge in [0, 0.05) is 19.2 Å². The molecule has 0 spiro atoms. The number of hydrogen-bond acceptors (Lipinski definition) is 6. The van der Waals surface area contributed by atoms with Crippen LogP contribution in [0.3, 0.4) is 0 Å². The number of amides is 1. The molecule has 6 nitrogen and oxygen atoms in total. The predicted molar refractivity (Wildman–Crippen MR) is 101 cm³/mol. The Labute approximate surface area is 155 Å². The van der Waals surface area contributed by atoms with E-state index in [-0.39, 0.29) is 11.6 Å². The van der Waals surface area contributed by atoms with Gasteiger partial charge in [-0.2, -0.15) is 0 Å². The van der Waals surface area contributed by atoms with E-state index in [0.717, 1.165) is 15.8 Å². The number of benzene rings is 1. The predicted octanol–water partition coefficient (Wildman–Crippen LogP) is 3.76. The average Bonchev–Trinajstić information content (AvgIpc) is 3.18. The SMILES string of the molecule is Cc1cc(C(=O)N(CCN(C)C)c2nc3c(C)ccc(Cl)c3s2)no1. The van der Waals surface area contributed by atoms with Crippen molar-refractivity contribution in [1.29, 1.82) is 0 Å². The van der Waals surface area contributed by atoms with Gasteiger partial charge in [-0.05, 0) is 39.6 Å². The molecule has 0 fully saturated rings. The van der Waals surface area contributed by atoms with E-state index in [4.69, 9.17) is 16.1 Å². The van der Waals surface area contributed by atoms with E-state index in [2.05, 4.69) is 10.1 Å². The number of thiazole rings is 1. The van der Waals surface area contributed by atoms with Gasteiger partial charge in [-0.1, -0.05) is 34.2 Å². The van der Waals surface area contributed by atoms with E-state index in [9.17, 15) is 4.79 Å². The first-order valence-electron chi connectivity index (χ1n) is 7.82. The Morgan fingerprint density at radius 3 is 2.64 bits per heavy atom. The Bertz CT molecular complexity index is 880. The lowest BCUT2D eigenvalue weighted by Crippen LogP contribution is -2.36. The third-order valence-corrected chi connectivity index (χ3v) is 5.32. The number of aromatic nitrogens is 2. The van der Waals surface area contributed by atoms with E-state index in [1.54, 1.807) is 17.9 Å². The van der Waals surface area contributed by atoms with Crippen molar-refractivity contribution in [1.82, 2.24) is 15.0 Å². The molecule has 3 rings (SSSR count). The second kappa shape index (κ2) is 7.11. The van der Waals surface area contributed by atoms with Gasteiger partial charge in [0.2, 0.25) is 0 Å². The number of nitrogens with zero attached hydrogens (tertiary/aromatic N) is 4. The first kappa shape index (κ1) is 17.8. The van der Waals surface area contributed by atoms with Crippen molar-refractivity contribution in [2.75, 3.05) is 32.1 Å². The third kappa shape index (κ3) is 3.68. The molecule has 0 atom stereocenters. The second-order valence-corrected chi connectivity index (χ2v) is 7.51. The van der Waals surface area contributed by atoms with Crippen molar-refractivity contribution in [3.8, 4) is 0 Å². The summed E-state index contributed by atoms with van der Waals surface area (Å²) < 4.78 is 5.93. The zero-order valence-corrected chi connectivity index (χ0v) is 16.1. The van der Waals surface area contributed by atoms with Crippen molar-refractivity contribution in [2.24, 2.45) is 0 Å². The zero-order valence-electron chi connectivity index (χ0n) is 14.5. The van der Waals surface area contributed by atoms with Crippen LogP contribution < -0.4 is 4.90 Å². The summed E-state index contributed by atoms with van der Waals surface area (Å²) in [5, 5.41) is 5.10. The second-order valence-electron chi connectivity index (χ2n) is 6.12. The molecule has 3 aromatic rings. The molecule has 132 valence electrons. The van der Waals surface area contributed by atoms with Gasteiger partial charge in [0.15, 0.2) is 10.8 Å². The van der Waals surface area contributed by atoms with Crippen molar-refractivity contribution < 1.29 is 9.32 Å². The summed E-state index contributed by atoms with van der Waals surface area (Å²) in [6, 6.07) is 5.42. The number of fused-ring (bicyclic) bond motifs is 1. The molecule has 0 aliphatic carbocycles. The molecule has 2 aromatic heterocycles. The average molecular weight is 379 g/mol. The number of halogens is 1. The Kier molecular flexibility index (Phi) is 5.08. The van der Waals surface area contributed by atoms with Crippen LogP contribution in [0.4, 0.5) is 5.13 Å². The van der Waals surface area contributed by atoms with Crippen LogP contribution >= 0.6 is 22.9 Å². The fourth-order valence-electron chi connectivity index (χ4n) is 2.40. The smallest absolute Gasteiger partial charge is 0.282 e. The van der Waals surface area contributed by atoms with E-state index in [1.807, 2.05) is 38.1 Å². The van der Waals surface area contributed by atoms with Gasteiger partial charge in [-0.25, -0.2) is 4.98 Å². The summed E-state index contributed by atoms with van der Waals surface area (Å²) >= 11 is 7.72. The van der Waals surface area contributed by atoms with Crippen LogP contribution in [-0.2, 0) is 0 Å². The minimum Gasteiger partial charge on any atom is -0.361 e. The molecule has 0 aliphatic rings. The molecular weight excluding hydrogens is 360 g/mol. The zero-order chi connectivity index (χ0) is 18.1. The van der Waals surface area contributed by atoms with E-state index in [0.29, 0.717) is 29.0 Å². The molecule has 0 N–H and O–H groups in total. The molecule has 8 heteroatoms. The highest BCUT2D eigenvalue weighted by atomic mass is 35.5. The van der Waals surface area contributed by atoms with Crippen molar-refractivity contribution in [2.45, 2.75) is 13.8 Å². The van der Waals surface area contributed by atoms with Gasteiger partial charge in [0.25, 0.3) is 5.91 Å². The molecule has 0 bridgehead atoms. The summed E-state index contributed by atoms with van der Waals surface area (Å²) in [7, 11) is 3.92. The Morgan fingerprint density at radius 1 is 1.28 bits per heavy atom. The molecule has 0 saturated heterocycles. The topological polar surface area (TPSA) is 62.5 Å². The number of likely N-dealkylation sites (N-methyl/N-ethyl adjacent to an activating group) is 1. The van der Waals surface area contributed by atoms with Gasteiger partial charge in [0.05, 0.1) is 15.2 Å². The summed E-state index contributed by atoms with van der Waals surface area (Å²) in [5.41, 5.74) is 2.13. The largest absolute Gasteiger partial charge is 0.361 e. The maximum Gasteiger partial charge on any atom is 0.282 e. The Morgan fingerprint density at radius 2 is 2.04 bits per heavy atom. The summed E-state index contributed by atoms with van der Waals surface area (Å²) in [6.45, 7) is 4.93. The molecule has 0 aliphatic heterocycles. The van der Waals surface area contributed by atoms with Crippen LogP contribution in [0.1, 0.15) is 21.8 Å². The summed E-state index contributed by atoms with van der Waals surface area (Å²) in [5.74, 6) is 0.366. The third-order valence-electron chi connectivity index (χ3n) is 3.78. The number of aryl methyl sites for hydroxylation is 2. The minimum absolute atomic E-state index is 0.230. The van der Waals surface area contributed by atoms with Gasteiger partial charge in [-0.15, -0.1) is 0 Å². The van der Waals surface area contributed by atoms with E-state index >= 15 is 0 Å². The molecular formula is C17H19ClN4O2S. The molecule has 25 heavy (non-hydrogen) atoms. The maximum atomic E-state index is 12.9. The lowest BCUT2D eigenvalue weighted by Gasteiger charge is -2.20. The van der Waals surface area contributed by atoms with Crippen LogP contribution in [0.2, 0.25) is 5.02 Å². The number of carbonyl (C=O) groups is 1. The molecule has 2 heterocycles. The maximum absolute atomic E-state index is 12.9. The molecule has 1 aromatic carbocycles. The van der Waals surface area contributed by atoms with Crippen LogP contribution in [0.5, 0.6) is 0 Å². The van der Waals surface area contributed by atoms with Crippen molar-refractivity contribution >= 4 is 44.2 Å². The minimum atomic E-state index is -0.230. The lowest BCUT2D eigenvalue weighted by atomic mass is 10.2. The first-order chi connectivity index (χ1) is 11.9. The van der Waals surface area contributed by atoms with Crippen LogP contribution in [0.15, 0.2) is 22.7 Å². The quantitative estimate of drug-likeness (QED) is 0.676. The fourth-order valence-corrected chi connectivity index (χ4v) is 3.74. The molecule has 0 radical (unpaired) electrons. The summed E-state index contributed by atoms with van der Waals surface area (Å²) in [4.78, 5) is 21.3. The fraction of sp³-hybridized carbons (Fsp3) is 0.353. The highest BCUT2D eigenvalue weighted by Gasteiger charge is 2.24. The van der Waals surface area contributed by atoms with Crippen molar-refractivity contribution in [3.05, 3.63) is 40.2 Å². The normalized spacial score (nSPS) is 11.4. The molecule has 1 amide bonds. The van der Waals surface area contributed by atoms with Gasteiger partial charge in [-0.3, -0.25) is 9.69 Å². The number of carbonyl (C=O) groups excluding carboxylic acids is 1. The summed E-state index contributed by atoms with van der Waals surface area (Å²) in [6.07, 6.45) is 0. The van der Waals surface area contributed by atoms with Crippen molar-refractivity contribution in [3.63, 3.8) is 0 Å². The highest BCUT2D eigenvalue weighted by molar-refractivity contribution is 7.23. The first-order valence-corrected chi connectivity index (χ1v) is 9.02. The lowest BCUT2D eigenvalue weighted by molar-refractivity contribution is 0.0976. The van der Waals surface area contributed by atoms with E-state index in [1.165, 1.54) is 11.3 Å². The highest BCUT2D eigenvalue weighted by Crippen LogP contribution is 2.36. The van der Waals surface area contributed by atoms with Gasteiger partial charge < -0.3 is 9.42 Å². The van der Waals surface area contributed by atoms with Gasteiger partial charge in [0.1, 0.15) is 5.76 Å². The van der Waals surface area contributed by atoms with Crippen LogP contribution in [0, 0.1) is 13.8 Å². The van der Waals surface area contributed by atoms with Crippen LogP contribution in [0.25, 0.3) is 10.2 Å². The molecule has 0 saturated carbocycles. The van der Waals surface area contributed by atoms with Crippen LogP contribution in [-0.4, -0.2) is 48.1 Å². The standard InChI is InChI=1S/C17H19ClN4O2S/c1-10-5-6-12(18)15-14(10)19-17(25-15)22(8-7-21(3)4)16(23)13-9-11(2)24-20-13/h5-6,9H,7-8H2,1-4H3.